The second-order valence-corrected chi connectivity index (χ2v) is 23.2. The number of ether oxygens (including phenoxy) is 4. The molecule has 2 N–H and O–H groups in total. The molecule has 0 spiro atoms. The molecule has 1 atom stereocenters. The first-order valence-corrected chi connectivity index (χ1v) is 28.6. The Balaban J connectivity index is 0.00000192. The molecule has 0 aromatic heterocycles. The van der Waals surface area contributed by atoms with Crippen LogP contribution in [0.2, 0.25) is 0 Å². The largest absolute Gasteiger partial charge is 0.497 e. The van der Waals surface area contributed by atoms with Gasteiger partial charge in [0.25, 0.3) is 20.2 Å². The van der Waals surface area contributed by atoms with Gasteiger partial charge in [-0.15, -0.1) is 12.6 Å². The van der Waals surface area contributed by atoms with Crippen LogP contribution >= 0.6 is 7.14 Å². The maximum absolute atomic E-state index is 15.6. The fourth-order valence-corrected chi connectivity index (χ4v) is 12.2. The Bertz CT molecular complexity index is 4290. The molecule has 86 heavy (non-hydrogen) atoms. The molecule has 0 bridgehead atoms. The molecule has 26 heteroatoms. The first-order valence-electron chi connectivity index (χ1n) is 23.1. The maximum atomic E-state index is 15.6. The summed E-state index contributed by atoms with van der Waals surface area (Å²) in [5, 5.41) is -0.0891. The van der Waals surface area contributed by atoms with Gasteiger partial charge in [0.2, 0.25) is 34.8 Å². The highest BCUT2D eigenvalue weighted by molar-refractivity contribution is 7.87. The Hall–Kier alpha value is -8.71. The Kier molecular flexibility index (Phi) is 22.7. The van der Waals surface area contributed by atoms with E-state index < -0.39 is 128 Å². The van der Waals surface area contributed by atoms with Crippen LogP contribution in [0.15, 0.2) is 174 Å². The third-order valence-electron chi connectivity index (χ3n) is 12.1. The third kappa shape index (κ3) is 14.7. The molecule has 0 radical (unpaired) electrons. The molecule has 454 valence electrons. The molecule has 0 heterocycles. The minimum atomic E-state index is -5.11. The van der Waals surface area contributed by atoms with E-state index >= 15 is 39.7 Å². The predicted molar refractivity (Wildman–Crippen MR) is 309 cm³/mol. The van der Waals surface area contributed by atoms with Gasteiger partial charge in [-0.25, -0.2) is 17.6 Å². The average molecular weight is 1280 g/mol. The molecule has 0 fully saturated rings. The highest BCUT2D eigenvalue weighted by Gasteiger charge is 2.37. The summed E-state index contributed by atoms with van der Waals surface area (Å²) in [6, 6.07) is 37.0. The molecule has 0 aliphatic carbocycles. The van der Waals surface area contributed by atoms with Crippen molar-refractivity contribution in [2.24, 2.45) is 0 Å². The van der Waals surface area contributed by atoms with Crippen LogP contribution in [0.25, 0.3) is 33.4 Å². The summed E-state index contributed by atoms with van der Waals surface area (Å²) < 4.78 is 256. The smallest absolute Gasteiger partial charge is 0.425 e. The fraction of sp³-hybridized carbons (Fsp3) is 0.100. The lowest BCUT2D eigenvalue weighted by Crippen LogP contribution is -2.26. The number of aryl methyl sites for hydroxylation is 1. The number of hydrogen-bond acceptors (Lipinski definition) is 12. The molecule has 1 unspecified atom stereocenters. The number of halogens is 8. The molecule has 0 saturated carbocycles. The lowest BCUT2D eigenvalue weighted by atomic mass is 10.0. The van der Waals surface area contributed by atoms with Crippen LogP contribution in [0.4, 0.5) is 35.1 Å². The third-order valence-corrected chi connectivity index (χ3v) is 16.9. The zero-order valence-corrected chi connectivity index (χ0v) is 44.9. The van der Waals surface area contributed by atoms with Crippen LogP contribution in [0.3, 0.4) is 0 Å². The van der Waals surface area contributed by atoms with E-state index in [2.05, 4.69) is 0 Å². The normalized spacial score (nSPS) is 11.6. The molecule has 9 rings (SSSR count). The minimum absolute atomic E-state index is 0. The van der Waals surface area contributed by atoms with Crippen molar-refractivity contribution in [3.8, 4) is 73.6 Å². The van der Waals surface area contributed by atoms with E-state index in [1.165, 1.54) is 98.1 Å². The van der Waals surface area contributed by atoms with Gasteiger partial charge in [-0.05, 0) is 108 Å². The van der Waals surface area contributed by atoms with Gasteiger partial charge in [0.05, 0.1) is 23.1 Å². The Morgan fingerprint density at radius 2 is 0.756 bits per heavy atom. The van der Waals surface area contributed by atoms with Gasteiger partial charge in [0, 0.05) is 15.9 Å². The van der Waals surface area contributed by atoms with Gasteiger partial charge >= 0.3 is 10.6 Å². The van der Waals surface area contributed by atoms with Crippen LogP contribution < -0.4 is 34.9 Å². The summed E-state index contributed by atoms with van der Waals surface area (Å²) >= 11 is 0. The van der Waals surface area contributed by atoms with Crippen molar-refractivity contribution in [3.05, 3.63) is 216 Å². The van der Waals surface area contributed by atoms with E-state index in [0.29, 0.717) is 28.0 Å². The quantitative estimate of drug-likeness (QED) is 0.0423. The Morgan fingerprint density at radius 1 is 0.419 bits per heavy atom. The summed E-state index contributed by atoms with van der Waals surface area (Å²) in [5.41, 5.74) is -1.34. The van der Waals surface area contributed by atoms with Crippen LogP contribution in [-0.4, -0.2) is 45.7 Å². The molecule has 14 nitrogen and oxygen atoms in total. The van der Waals surface area contributed by atoms with Crippen molar-refractivity contribution in [3.63, 3.8) is 0 Å². The van der Waals surface area contributed by atoms with E-state index in [9.17, 15) is 25.9 Å². The molecule has 0 aliphatic heterocycles. The van der Waals surface area contributed by atoms with Gasteiger partial charge in [-0.3, -0.25) is 9.11 Å². The fourth-order valence-electron chi connectivity index (χ4n) is 8.15. The number of benzene rings is 9. The molecular weight excluding hydrogens is 1220 g/mol. The van der Waals surface area contributed by atoms with Crippen molar-refractivity contribution in [2.75, 3.05) is 7.11 Å². The van der Waals surface area contributed by atoms with Crippen molar-refractivity contribution in [1.82, 2.24) is 0 Å². The minimum Gasteiger partial charge on any atom is -0.497 e. The van der Waals surface area contributed by atoms with Crippen molar-refractivity contribution in [2.45, 2.75) is 46.4 Å². The second-order valence-electron chi connectivity index (χ2n) is 17.3. The SMILES string of the molecule is C.C.C.C.COc1ccc(-c2ccc(Oc3c(F)c(F)c(-c4c(F)c(F)c(Oc5ccc(-c6ccc(Oc7ccc(P(=O)(c8ccc(C)cc8)c8cccc(S(=O)(=O)O)c8)cc7S(=O)(=O)O)cc6)cc5)c(F)c4F)c(F)c3F)cc2)cc1.O=S(=O)=O. The van der Waals surface area contributed by atoms with E-state index in [1.807, 2.05) is 0 Å². The van der Waals surface area contributed by atoms with Gasteiger partial charge in [-0.2, -0.15) is 34.4 Å². The Labute approximate surface area is 491 Å². The summed E-state index contributed by atoms with van der Waals surface area (Å²) in [6.07, 6.45) is 0. The van der Waals surface area contributed by atoms with E-state index in [0.717, 1.165) is 42.0 Å². The summed E-state index contributed by atoms with van der Waals surface area (Å²) in [7, 11) is -15.7. The highest BCUT2D eigenvalue weighted by Crippen LogP contribution is 2.46. The Morgan fingerprint density at radius 3 is 1.10 bits per heavy atom. The molecule has 0 amide bonds. The van der Waals surface area contributed by atoms with Crippen LogP contribution in [0, 0.1) is 53.5 Å². The predicted octanol–water partition coefficient (Wildman–Crippen LogP) is 15.2. The van der Waals surface area contributed by atoms with Crippen LogP contribution in [0.5, 0.6) is 40.2 Å². The summed E-state index contributed by atoms with van der Waals surface area (Å²) in [4.78, 5) is -1.39. The zero-order chi connectivity index (χ0) is 59.6. The monoisotopic (exact) mass is 1270 g/mol. The maximum Gasteiger partial charge on any atom is 0.425 e. The van der Waals surface area contributed by atoms with Crippen molar-refractivity contribution < 1.29 is 97.2 Å². The van der Waals surface area contributed by atoms with Gasteiger partial charge in [0.15, 0.2) is 30.4 Å². The molecule has 0 saturated heterocycles. The van der Waals surface area contributed by atoms with Crippen LogP contribution in [-0.2, 0) is 35.4 Å². The number of hydrogen-bond donors (Lipinski definition) is 2. The average Bonchev–Trinajstić information content (AvgIpc) is 0.833. The highest BCUT2D eigenvalue weighted by atomic mass is 32.2. The zero-order valence-electron chi connectivity index (χ0n) is 41.6. The van der Waals surface area contributed by atoms with Crippen molar-refractivity contribution >= 4 is 53.9 Å². The first kappa shape index (κ1) is 69.8. The van der Waals surface area contributed by atoms with Gasteiger partial charge in [0.1, 0.15) is 33.6 Å². The lowest BCUT2D eigenvalue weighted by Gasteiger charge is -2.22. The summed E-state index contributed by atoms with van der Waals surface area (Å²) in [5.74, 6) is -23.0. The van der Waals surface area contributed by atoms with Gasteiger partial charge < -0.3 is 23.5 Å². The first-order chi connectivity index (χ1) is 38.7. The molecule has 9 aromatic rings. The van der Waals surface area contributed by atoms with E-state index in [4.69, 9.17) is 31.6 Å². The van der Waals surface area contributed by atoms with E-state index in [-0.39, 0.29) is 57.1 Å². The standard InChI is InChI=1S/C56H35F8O11PS2.4CH4.O3S/c1-30-6-24-39(25-7-30)76(65,40-4-3-5-42(28-40)77(66,67)68)41-26-27-43(44(29-41)78(69,70)71)73-36-18-10-32(11-19-36)34-14-22-38(23-15-34)75-56-53(63)49(59)46(50(60)54(56)64)45-47(57)51(61)55(52(62)48(45)58)74-37-20-12-33(13-21-37)31-8-16-35(72-2)17-9-31;;;;;1-4(2)3/h3-29H,1-2H3,(H,66,67,68)(H,69,70,71);4*1H4;. The number of rotatable bonds is 15. The van der Waals surface area contributed by atoms with Crippen molar-refractivity contribution in [1.29, 1.82) is 0 Å². The van der Waals surface area contributed by atoms with Gasteiger partial charge in [-0.1, -0.05) is 120 Å². The molecule has 0 aliphatic rings. The second kappa shape index (κ2) is 28.0. The molecular formula is C60H51F8O14PS3. The lowest BCUT2D eigenvalue weighted by molar-refractivity contribution is 0.360. The topological polar surface area (TPSA) is 214 Å². The number of methoxy groups -OCH3 is 1. The van der Waals surface area contributed by atoms with E-state index in [1.54, 1.807) is 43.3 Å². The summed E-state index contributed by atoms with van der Waals surface area (Å²) in [6.45, 7) is 1.76. The van der Waals surface area contributed by atoms with Crippen LogP contribution in [0.1, 0.15) is 35.3 Å². The molecule has 9 aromatic carbocycles.